The SMILES string of the molecule is CCNC(c1c(C)oc(C)c1C)C1CCOCC1. The highest BCUT2D eigenvalue weighted by atomic mass is 16.5. The summed E-state index contributed by atoms with van der Waals surface area (Å²) in [6, 6.07) is 0.413. The zero-order valence-corrected chi connectivity index (χ0v) is 12.0. The predicted molar refractivity (Wildman–Crippen MR) is 72.9 cm³/mol. The quantitative estimate of drug-likeness (QED) is 0.891. The molecule has 0 aliphatic carbocycles. The van der Waals surface area contributed by atoms with Gasteiger partial charge in [0.25, 0.3) is 0 Å². The fourth-order valence-electron chi connectivity index (χ4n) is 3.04. The molecule has 2 heterocycles. The lowest BCUT2D eigenvalue weighted by Crippen LogP contribution is -2.32. The van der Waals surface area contributed by atoms with Crippen LogP contribution >= 0.6 is 0 Å². The number of rotatable bonds is 4. The predicted octanol–water partition coefficient (Wildman–Crippen LogP) is 3.28. The van der Waals surface area contributed by atoms with E-state index < -0.39 is 0 Å². The Morgan fingerprint density at radius 3 is 2.33 bits per heavy atom. The molecule has 3 heteroatoms. The molecule has 1 N–H and O–H groups in total. The summed E-state index contributed by atoms with van der Waals surface area (Å²) >= 11 is 0. The first kappa shape index (κ1) is 13.6. The average Bonchev–Trinajstić information content (AvgIpc) is 2.62. The summed E-state index contributed by atoms with van der Waals surface area (Å²) in [4.78, 5) is 0. The van der Waals surface area contributed by atoms with Crippen molar-refractivity contribution in [3.05, 3.63) is 22.6 Å². The van der Waals surface area contributed by atoms with Crippen LogP contribution in [0.2, 0.25) is 0 Å². The Bertz CT molecular complexity index is 391. The van der Waals surface area contributed by atoms with Gasteiger partial charge >= 0.3 is 0 Å². The first-order valence-corrected chi connectivity index (χ1v) is 7.02. The number of aryl methyl sites for hydroxylation is 2. The van der Waals surface area contributed by atoms with E-state index >= 15 is 0 Å². The van der Waals surface area contributed by atoms with Crippen LogP contribution in [0.4, 0.5) is 0 Å². The highest BCUT2D eigenvalue weighted by Gasteiger charge is 2.29. The first-order chi connectivity index (χ1) is 8.65. The number of hydrogen-bond acceptors (Lipinski definition) is 3. The molecule has 1 aromatic rings. The molecular weight excluding hydrogens is 226 g/mol. The van der Waals surface area contributed by atoms with Gasteiger partial charge in [0.1, 0.15) is 11.5 Å². The first-order valence-electron chi connectivity index (χ1n) is 7.02. The van der Waals surface area contributed by atoms with Crippen molar-refractivity contribution in [2.45, 2.75) is 46.6 Å². The van der Waals surface area contributed by atoms with Crippen LogP contribution in [-0.4, -0.2) is 19.8 Å². The zero-order valence-electron chi connectivity index (χ0n) is 12.0. The molecule has 3 nitrogen and oxygen atoms in total. The van der Waals surface area contributed by atoms with Crippen molar-refractivity contribution in [2.24, 2.45) is 5.92 Å². The Hall–Kier alpha value is -0.800. The third-order valence-corrected chi connectivity index (χ3v) is 4.09. The van der Waals surface area contributed by atoms with Crippen LogP contribution < -0.4 is 5.32 Å². The highest BCUT2D eigenvalue weighted by molar-refractivity contribution is 5.34. The molecule has 102 valence electrons. The number of hydrogen-bond donors (Lipinski definition) is 1. The van der Waals surface area contributed by atoms with E-state index in [1.807, 2.05) is 0 Å². The van der Waals surface area contributed by atoms with Crippen molar-refractivity contribution in [2.75, 3.05) is 19.8 Å². The topological polar surface area (TPSA) is 34.4 Å². The molecule has 1 saturated heterocycles. The molecule has 1 unspecified atom stereocenters. The Labute approximate surface area is 110 Å². The Morgan fingerprint density at radius 1 is 1.17 bits per heavy atom. The van der Waals surface area contributed by atoms with Crippen LogP contribution in [0.15, 0.2) is 4.42 Å². The van der Waals surface area contributed by atoms with Gasteiger partial charge in [-0.15, -0.1) is 0 Å². The van der Waals surface area contributed by atoms with Gasteiger partial charge in [-0.3, -0.25) is 0 Å². The van der Waals surface area contributed by atoms with E-state index in [1.54, 1.807) is 0 Å². The van der Waals surface area contributed by atoms with Crippen LogP contribution in [0, 0.1) is 26.7 Å². The van der Waals surface area contributed by atoms with E-state index in [1.165, 1.54) is 11.1 Å². The van der Waals surface area contributed by atoms with E-state index in [2.05, 4.69) is 33.0 Å². The maximum absolute atomic E-state index is 5.79. The molecule has 0 bridgehead atoms. The minimum Gasteiger partial charge on any atom is -0.466 e. The Morgan fingerprint density at radius 2 is 1.83 bits per heavy atom. The van der Waals surface area contributed by atoms with Gasteiger partial charge in [-0.2, -0.15) is 0 Å². The smallest absolute Gasteiger partial charge is 0.106 e. The van der Waals surface area contributed by atoms with Gasteiger partial charge in [-0.1, -0.05) is 6.92 Å². The summed E-state index contributed by atoms with van der Waals surface area (Å²) in [5.41, 5.74) is 2.69. The molecule has 0 amide bonds. The maximum Gasteiger partial charge on any atom is 0.106 e. The minimum absolute atomic E-state index is 0.413. The van der Waals surface area contributed by atoms with E-state index in [0.29, 0.717) is 12.0 Å². The maximum atomic E-state index is 5.79. The lowest BCUT2D eigenvalue weighted by Gasteiger charge is -2.31. The third-order valence-electron chi connectivity index (χ3n) is 4.09. The largest absolute Gasteiger partial charge is 0.466 e. The van der Waals surface area contributed by atoms with Crippen LogP contribution in [0.3, 0.4) is 0 Å². The third kappa shape index (κ3) is 2.62. The molecule has 1 aliphatic heterocycles. The van der Waals surface area contributed by atoms with Gasteiger partial charge in [-0.25, -0.2) is 0 Å². The van der Waals surface area contributed by atoms with Crippen molar-refractivity contribution in [3.8, 4) is 0 Å². The number of ether oxygens (including phenoxy) is 1. The molecule has 18 heavy (non-hydrogen) atoms. The van der Waals surface area contributed by atoms with Gasteiger partial charge in [0.05, 0.1) is 0 Å². The van der Waals surface area contributed by atoms with Gasteiger partial charge < -0.3 is 14.5 Å². The summed E-state index contributed by atoms with van der Waals surface area (Å²) in [6.07, 6.45) is 2.28. The van der Waals surface area contributed by atoms with Crippen LogP contribution in [0.1, 0.15) is 48.5 Å². The summed E-state index contributed by atoms with van der Waals surface area (Å²) < 4.78 is 11.3. The minimum atomic E-state index is 0.413. The van der Waals surface area contributed by atoms with Crippen molar-refractivity contribution >= 4 is 0 Å². The van der Waals surface area contributed by atoms with Crippen molar-refractivity contribution in [1.29, 1.82) is 0 Å². The summed E-state index contributed by atoms with van der Waals surface area (Å²) in [6.45, 7) is 11.3. The fraction of sp³-hybridized carbons (Fsp3) is 0.733. The normalized spacial score (nSPS) is 19.1. The van der Waals surface area contributed by atoms with Crippen LogP contribution in [0.25, 0.3) is 0 Å². The summed E-state index contributed by atoms with van der Waals surface area (Å²) in [5.74, 6) is 2.79. The second-order valence-electron chi connectivity index (χ2n) is 5.24. The number of nitrogens with one attached hydrogen (secondary N) is 1. The molecule has 0 saturated carbocycles. The van der Waals surface area contributed by atoms with E-state index in [9.17, 15) is 0 Å². The van der Waals surface area contributed by atoms with E-state index in [-0.39, 0.29) is 0 Å². The lowest BCUT2D eigenvalue weighted by atomic mass is 9.85. The second-order valence-corrected chi connectivity index (χ2v) is 5.24. The fourth-order valence-corrected chi connectivity index (χ4v) is 3.04. The molecule has 2 rings (SSSR count). The van der Waals surface area contributed by atoms with Gasteiger partial charge in [-0.05, 0) is 51.6 Å². The molecule has 0 spiro atoms. The van der Waals surface area contributed by atoms with Gasteiger partial charge in [0, 0.05) is 24.8 Å². The average molecular weight is 251 g/mol. The standard InChI is InChI=1S/C15H25NO2/c1-5-16-15(13-6-8-17-9-7-13)14-10(2)11(3)18-12(14)4/h13,15-16H,5-9H2,1-4H3. The molecule has 0 aromatic carbocycles. The monoisotopic (exact) mass is 251 g/mol. The van der Waals surface area contributed by atoms with Crippen molar-refractivity contribution in [1.82, 2.24) is 5.32 Å². The Kier molecular flexibility index (Phi) is 4.46. The molecule has 1 aliphatic rings. The zero-order chi connectivity index (χ0) is 13.1. The van der Waals surface area contributed by atoms with Crippen molar-refractivity contribution < 1.29 is 9.15 Å². The summed E-state index contributed by atoms with van der Waals surface area (Å²) in [7, 11) is 0. The van der Waals surface area contributed by atoms with Crippen LogP contribution in [0.5, 0.6) is 0 Å². The second kappa shape index (κ2) is 5.89. The number of furan rings is 1. The molecule has 1 fully saturated rings. The molecule has 1 aromatic heterocycles. The van der Waals surface area contributed by atoms with Gasteiger partial charge in [0.2, 0.25) is 0 Å². The van der Waals surface area contributed by atoms with E-state index in [0.717, 1.165) is 44.1 Å². The Balaban J connectivity index is 2.28. The van der Waals surface area contributed by atoms with Crippen LogP contribution in [-0.2, 0) is 4.74 Å². The molecular formula is C15H25NO2. The lowest BCUT2D eigenvalue weighted by molar-refractivity contribution is 0.0535. The summed E-state index contributed by atoms with van der Waals surface area (Å²) in [5, 5.41) is 3.65. The van der Waals surface area contributed by atoms with Crippen molar-refractivity contribution in [3.63, 3.8) is 0 Å². The molecule has 1 atom stereocenters. The highest BCUT2D eigenvalue weighted by Crippen LogP contribution is 2.35. The van der Waals surface area contributed by atoms with E-state index in [4.69, 9.17) is 9.15 Å². The van der Waals surface area contributed by atoms with Gasteiger partial charge in [0.15, 0.2) is 0 Å². The molecule has 0 radical (unpaired) electrons.